The molecule has 0 radical (unpaired) electrons. The average Bonchev–Trinajstić information content (AvgIpc) is 2.25. The Morgan fingerprint density at radius 2 is 1.77 bits per heavy atom. The van der Waals surface area contributed by atoms with Crippen LogP contribution < -0.4 is 5.32 Å². The number of allylic oxidation sites excluding steroid dienone is 2. The van der Waals surface area contributed by atoms with Gasteiger partial charge in [-0.3, -0.25) is 0 Å². The van der Waals surface area contributed by atoms with Crippen molar-refractivity contribution in [3.63, 3.8) is 0 Å². The molecule has 0 fully saturated rings. The molecule has 1 atom stereocenters. The van der Waals surface area contributed by atoms with E-state index in [1.165, 1.54) is 5.57 Å². The summed E-state index contributed by atoms with van der Waals surface area (Å²) in [5.74, 6) is 0. The fourth-order valence-electron chi connectivity index (χ4n) is 0.703. The van der Waals surface area contributed by atoms with Gasteiger partial charge < -0.3 is 10.1 Å². The van der Waals surface area contributed by atoms with Crippen molar-refractivity contribution in [3.05, 3.63) is 23.9 Å². The van der Waals surface area contributed by atoms with E-state index >= 15 is 0 Å². The Kier molecular flexibility index (Phi) is 12.8. The topological polar surface area (TPSA) is 21.3 Å². The van der Waals surface area contributed by atoms with Crippen molar-refractivity contribution in [2.45, 2.75) is 40.8 Å². The Balaban J connectivity index is 0. The van der Waals surface area contributed by atoms with Crippen LogP contribution in [0.5, 0.6) is 0 Å². The lowest BCUT2D eigenvalue weighted by molar-refractivity contribution is 0.123. The molecule has 1 N–H and O–H groups in total. The molecule has 0 aromatic heterocycles. The molecule has 0 bridgehead atoms. The Morgan fingerprint density at radius 3 is 2.08 bits per heavy atom. The molecule has 1 unspecified atom stereocenters. The molecule has 0 saturated heterocycles. The molecule has 1 aliphatic rings. The second-order valence-corrected chi connectivity index (χ2v) is 2.07. The highest BCUT2D eigenvalue weighted by molar-refractivity contribution is 5.20. The molecule has 0 aromatic carbocycles. The van der Waals surface area contributed by atoms with Crippen molar-refractivity contribution in [2.75, 3.05) is 7.11 Å². The van der Waals surface area contributed by atoms with E-state index in [1.54, 1.807) is 7.11 Å². The molecule has 2 heteroatoms. The summed E-state index contributed by atoms with van der Waals surface area (Å²) >= 11 is 0. The van der Waals surface area contributed by atoms with Crippen LogP contribution in [0.1, 0.15) is 34.6 Å². The summed E-state index contributed by atoms with van der Waals surface area (Å²) in [6.07, 6.45) is 6.02. The first-order chi connectivity index (χ1) is 6.33. The fraction of sp³-hybridized carbons (Fsp3) is 0.636. The predicted molar refractivity (Wildman–Crippen MR) is 59.5 cm³/mol. The molecule has 2 nitrogen and oxygen atoms in total. The van der Waals surface area contributed by atoms with Crippen molar-refractivity contribution < 1.29 is 4.74 Å². The van der Waals surface area contributed by atoms with Gasteiger partial charge in [0, 0.05) is 13.3 Å². The van der Waals surface area contributed by atoms with E-state index in [0.717, 1.165) is 0 Å². The van der Waals surface area contributed by atoms with Crippen LogP contribution >= 0.6 is 0 Å². The van der Waals surface area contributed by atoms with Crippen LogP contribution in [-0.2, 0) is 4.74 Å². The normalized spacial score (nSPS) is 18.3. The van der Waals surface area contributed by atoms with Crippen LogP contribution in [0.15, 0.2) is 23.9 Å². The van der Waals surface area contributed by atoms with E-state index in [-0.39, 0.29) is 6.23 Å². The zero-order valence-corrected chi connectivity index (χ0v) is 9.72. The minimum absolute atomic E-state index is 0.0636. The zero-order chi connectivity index (χ0) is 10.7. The maximum Gasteiger partial charge on any atom is 0.146 e. The first-order valence-corrected chi connectivity index (χ1v) is 4.97. The van der Waals surface area contributed by atoms with Crippen LogP contribution in [0.3, 0.4) is 0 Å². The summed E-state index contributed by atoms with van der Waals surface area (Å²) in [6, 6.07) is 0. The Labute approximate surface area is 82.7 Å². The first-order valence-electron chi connectivity index (χ1n) is 4.97. The highest BCUT2D eigenvalue weighted by Gasteiger charge is 2.00. The molecule has 78 valence electrons. The molecular formula is C11H23NO. The van der Waals surface area contributed by atoms with E-state index in [4.69, 9.17) is 4.74 Å². The summed E-state index contributed by atoms with van der Waals surface area (Å²) < 4.78 is 5.00. The van der Waals surface area contributed by atoms with Gasteiger partial charge >= 0.3 is 0 Å². The Bertz CT molecular complexity index is 150. The predicted octanol–water partition coefficient (Wildman–Crippen LogP) is 3.07. The number of nitrogens with one attached hydrogen (secondary N) is 1. The number of hydrogen-bond donors (Lipinski definition) is 1. The van der Waals surface area contributed by atoms with Gasteiger partial charge in [-0.15, -0.1) is 0 Å². The minimum atomic E-state index is 0.0636. The summed E-state index contributed by atoms with van der Waals surface area (Å²) in [5, 5.41) is 3.05. The molecule has 0 saturated carbocycles. The molecule has 0 aromatic rings. The summed E-state index contributed by atoms with van der Waals surface area (Å²) in [7, 11) is 1.68. The Morgan fingerprint density at radius 1 is 1.23 bits per heavy atom. The van der Waals surface area contributed by atoms with Crippen LogP contribution in [0, 0.1) is 0 Å². The molecular weight excluding hydrogens is 162 g/mol. The van der Waals surface area contributed by atoms with Crippen molar-refractivity contribution in [1.29, 1.82) is 0 Å². The zero-order valence-electron chi connectivity index (χ0n) is 9.72. The van der Waals surface area contributed by atoms with E-state index in [9.17, 15) is 0 Å². The molecule has 1 rings (SSSR count). The second kappa shape index (κ2) is 11.2. The van der Waals surface area contributed by atoms with E-state index < -0.39 is 0 Å². The maximum atomic E-state index is 5.00. The Hall–Kier alpha value is -0.760. The average molecular weight is 185 g/mol. The van der Waals surface area contributed by atoms with Gasteiger partial charge in [0.05, 0.1) is 0 Å². The van der Waals surface area contributed by atoms with Gasteiger partial charge in [-0.25, -0.2) is 0 Å². The number of hydrogen-bond acceptors (Lipinski definition) is 2. The smallest absolute Gasteiger partial charge is 0.146 e. The summed E-state index contributed by atoms with van der Waals surface area (Å²) in [6.45, 7) is 10.0. The first kappa shape index (κ1) is 14.7. The molecule has 1 heterocycles. The third-order valence-corrected chi connectivity index (χ3v) is 1.26. The second-order valence-electron chi connectivity index (χ2n) is 2.07. The quantitative estimate of drug-likeness (QED) is 0.678. The lowest BCUT2D eigenvalue weighted by Crippen LogP contribution is -2.25. The van der Waals surface area contributed by atoms with Crippen LogP contribution in [-0.4, -0.2) is 13.3 Å². The van der Waals surface area contributed by atoms with Gasteiger partial charge in [0.1, 0.15) is 6.23 Å². The van der Waals surface area contributed by atoms with Crippen molar-refractivity contribution in [3.8, 4) is 0 Å². The van der Waals surface area contributed by atoms with E-state index in [2.05, 4.69) is 5.32 Å². The summed E-state index contributed by atoms with van der Waals surface area (Å²) in [5.41, 5.74) is 1.23. The lowest BCUT2D eigenvalue weighted by atomic mass is 10.2. The third-order valence-electron chi connectivity index (χ3n) is 1.26. The standard InChI is InChI=1S/C7H11NO.2C2H6/c1-6-3-4-7(9-2)8-5-6;2*1-2/h3-5,7-8H,1-2H3;2*1-2H3. The number of rotatable bonds is 1. The third kappa shape index (κ3) is 7.60. The fourth-order valence-corrected chi connectivity index (χ4v) is 0.703. The van der Waals surface area contributed by atoms with Crippen molar-refractivity contribution in [1.82, 2.24) is 5.32 Å². The highest BCUT2D eigenvalue weighted by atomic mass is 16.5. The molecule has 0 aliphatic carbocycles. The van der Waals surface area contributed by atoms with Crippen LogP contribution in [0.25, 0.3) is 0 Å². The van der Waals surface area contributed by atoms with Gasteiger partial charge in [-0.1, -0.05) is 33.8 Å². The van der Waals surface area contributed by atoms with Gasteiger partial charge in [0.25, 0.3) is 0 Å². The molecule has 0 amide bonds. The molecule has 13 heavy (non-hydrogen) atoms. The van der Waals surface area contributed by atoms with Gasteiger partial charge in [-0.05, 0) is 18.6 Å². The van der Waals surface area contributed by atoms with Gasteiger partial charge in [0.15, 0.2) is 0 Å². The number of ether oxygens (including phenoxy) is 1. The van der Waals surface area contributed by atoms with E-state index in [1.807, 2.05) is 53.0 Å². The van der Waals surface area contributed by atoms with Crippen LogP contribution in [0.4, 0.5) is 0 Å². The van der Waals surface area contributed by atoms with E-state index in [0.29, 0.717) is 0 Å². The SMILES string of the molecule is CC.CC.COC1C=CC(C)=CN1. The van der Waals surface area contributed by atoms with Gasteiger partial charge in [-0.2, -0.15) is 0 Å². The molecule has 1 aliphatic heterocycles. The minimum Gasteiger partial charge on any atom is -0.363 e. The van der Waals surface area contributed by atoms with Crippen molar-refractivity contribution >= 4 is 0 Å². The van der Waals surface area contributed by atoms with Crippen molar-refractivity contribution in [2.24, 2.45) is 0 Å². The van der Waals surface area contributed by atoms with Gasteiger partial charge in [0.2, 0.25) is 0 Å². The summed E-state index contributed by atoms with van der Waals surface area (Å²) in [4.78, 5) is 0. The molecule has 0 spiro atoms. The largest absolute Gasteiger partial charge is 0.363 e. The van der Waals surface area contributed by atoms with Crippen LogP contribution in [0.2, 0.25) is 0 Å². The number of methoxy groups -OCH3 is 1. The highest BCUT2D eigenvalue weighted by Crippen LogP contribution is 2.01. The maximum absolute atomic E-state index is 5.00. The lowest BCUT2D eigenvalue weighted by Gasteiger charge is -2.14. The number of dihydropyridines is 1. The monoisotopic (exact) mass is 185 g/mol.